The van der Waals surface area contributed by atoms with E-state index < -0.39 is 5.97 Å². The highest BCUT2D eigenvalue weighted by Crippen LogP contribution is 2.29. The van der Waals surface area contributed by atoms with Crippen LogP contribution in [-0.2, 0) is 20.7 Å². The molecule has 2 heterocycles. The first-order valence-electron chi connectivity index (χ1n) is 8.78. The third-order valence-corrected chi connectivity index (χ3v) is 6.37. The quantitative estimate of drug-likeness (QED) is 0.347. The number of nitrogens with zero attached hydrogens (tertiary/aromatic N) is 3. The Morgan fingerprint density at radius 1 is 1.31 bits per heavy atom. The van der Waals surface area contributed by atoms with Crippen LogP contribution in [-0.4, -0.2) is 51.6 Å². The van der Waals surface area contributed by atoms with Crippen molar-refractivity contribution >= 4 is 45.2 Å². The number of esters is 1. The fourth-order valence-corrected chi connectivity index (χ4v) is 4.43. The van der Waals surface area contributed by atoms with Gasteiger partial charge in [0, 0.05) is 13.1 Å². The lowest BCUT2D eigenvalue weighted by Gasteiger charge is -2.23. The molecule has 10 heteroatoms. The van der Waals surface area contributed by atoms with E-state index in [1.165, 1.54) is 13.2 Å². The number of thiazole rings is 1. The standard InChI is InChI=1S/C19H20N4O4S2/c1-11(18-21-13-6-4-5-7-14(13)29-18)23(2)16(25)10-28-19-20-12(8-15(24)22-19)9-17(26)27-3/h4-8,11H,9-10H2,1-3H3,(H,20,22,24)/t11-/m1/s1. The highest BCUT2D eigenvalue weighted by molar-refractivity contribution is 7.99. The van der Waals surface area contributed by atoms with Gasteiger partial charge in [-0.1, -0.05) is 23.9 Å². The van der Waals surface area contributed by atoms with Crippen LogP contribution in [0, 0.1) is 0 Å². The Morgan fingerprint density at radius 3 is 2.79 bits per heavy atom. The number of fused-ring (bicyclic) bond motifs is 1. The third-order valence-electron chi connectivity index (χ3n) is 4.30. The minimum absolute atomic E-state index is 0.0936. The third kappa shape index (κ3) is 5.21. The molecule has 1 atom stereocenters. The van der Waals surface area contributed by atoms with Gasteiger partial charge in [0.1, 0.15) is 5.01 Å². The summed E-state index contributed by atoms with van der Waals surface area (Å²) in [7, 11) is 3.00. The number of amides is 1. The second kappa shape index (κ2) is 9.19. The van der Waals surface area contributed by atoms with Crippen LogP contribution in [0.15, 0.2) is 40.3 Å². The largest absolute Gasteiger partial charge is 0.469 e. The van der Waals surface area contributed by atoms with Crippen molar-refractivity contribution in [1.29, 1.82) is 0 Å². The van der Waals surface area contributed by atoms with E-state index >= 15 is 0 Å². The van der Waals surface area contributed by atoms with E-state index in [0.29, 0.717) is 5.69 Å². The molecule has 0 saturated carbocycles. The summed E-state index contributed by atoms with van der Waals surface area (Å²) in [5, 5.41) is 1.14. The van der Waals surface area contributed by atoms with Crippen molar-refractivity contribution in [3.05, 3.63) is 51.4 Å². The lowest BCUT2D eigenvalue weighted by molar-refractivity contribution is -0.139. The zero-order valence-electron chi connectivity index (χ0n) is 16.2. The Bertz CT molecular complexity index is 1060. The van der Waals surface area contributed by atoms with E-state index in [9.17, 15) is 14.4 Å². The zero-order chi connectivity index (χ0) is 21.0. The first-order chi connectivity index (χ1) is 13.9. The number of rotatable bonds is 7. The number of benzene rings is 1. The van der Waals surface area contributed by atoms with Gasteiger partial charge in [0.05, 0.1) is 41.2 Å². The van der Waals surface area contributed by atoms with Gasteiger partial charge in [0.15, 0.2) is 5.16 Å². The highest BCUT2D eigenvalue weighted by atomic mass is 32.2. The fraction of sp³-hybridized carbons (Fsp3) is 0.316. The molecule has 1 aromatic carbocycles. The van der Waals surface area contributed by atoms with Crippen molar-refractivity contribution in [3.8, 4) is 0 Å². The van der Waals surface area contributed by atoms with Crippen molar-refractivity contribution in [2.45, 2.75) is 24.5 Å². The van der Waals surface area contributed by atoms with E-state index in [0.717, 1.165) is 27.0 Å². The average molecular weight is 433 g/mol. The molecule has 0 fully saturated rings. The predicted molar refractivity (Wildman–Crippen MR) is 112 cm³/mol. The number of para-hydroxylation sites is 1. The van der Waals surface area contributed by atoms with E-state index in [2.05, 4.69) is 19.7 Å². The van der Waals surface area contributed by atoms with E-state index in [1.54, 1.807) is 23.3 Å². The van der Waals surface area contributed by atoms with Crippen LogP contribution >= 0.6 is 23.1 Å². The smallest absolute Gasteiger partial charge is 0.311 e. The van der Waals surface area contributed by atoms with E-state index in [1.807, 2.05) is 31.2 Å². The van der Waals surface area contributed by atoms with Crippen LogP contribution in [0.1, 0.15) is 23.7 Å². The minimum Gasteiger partial charge on any atom is -0.469 e. The van der Waals surface area contributed by atoms with E-state index in [4.69, 9.17) is 0 Å². The maximum absolute atomic E-state index is 12.6. The molecule has 1 N–H and O–H groups in total. The zero-order valence-corrected chi connectivity index (χ0v) is 17.8. The number of hydrogen-bond acceptors (Lipinski definition) is 8. The first-order valence-corrected chi connectivity index (χ1v) is 10.6. The number of carbonyl (C=O) groups is 2. The molecular weight excluding hydrogens is 412 g/mol. The van der Waals surface area contributed by atoms with Gasteiger partial charge in [0.2, 0.25) is 5.91 Å². The highest BCUT2D eigenvalue weighted by Gasteiger charge is 2.21. The topological polar surface area (TPSA) is 105 Å². The SMILES string of the molecule is COC(=O)Cc1cc(=O)[nH]c(SCC(=O)N(C)[C@H](C)c2nc3ccccc3s2)n1. The molecule has 0 saturated heterocycles. The van der Waals surface area contributed by atoms with Crippen LogP contribution < -0.4 is 5.56 Å². The van der Waals surface area contributed by atoms with Crippen molar-refractivity contribution < 1.29 is 14.3 Å². The number of nitrogens with one attached hydrogen (secondary N) is 1. The van der Waals surface area contributed by atoms with Gasteiger partial charge in [-0.2, -0.15) is 0 Å². The van der Waals surface area contributed by atoms with Gasteiger partial charge in [-0.05, 0) is 19.1 Å². The maximum Gasteiger partial charge on any atom is 0.311 e. The van der Waals surface area contributed by atoms with Crippen LogP contribution in [0.4, 0.5) is 0 Å². The summed E-state index contributed by atoms with van der Waals surface area (Å²) in [6.07, 6.45) is -0.101. The molecule has 1 amide bonds. The summed E-state index contributed by atoms with van der Waals surface area (Å²) in [6, 6.07) is 8.91. The first kappa shape index (κ1) is 21.0. The lowest BCUT2D eigenvalue weighted by atomic mass is 10.3. The van der Waals surface area contributed by atoms with Gasteiger partial charge in [-0.25, -0.2) is 9.97 Å². The van der Waals surface area contributed by atoms with Crippen molar-refractivity contribution in [1.82, 2.24) is 19.9 Å². The number of hydrogen-bond donors (Lipinski definition) is 1. The van der Waals surface area contributed by atoms with Gasteiger partial charge in [0.25, 0.3) is 5.56 Å². The Balaban J connectivity index is 1.65. The second-order valence-electron chi connectivity index (χ2n) is 6.28. The lowest BCUT2D eigenvalue weighted by Crippen LogP contribution is -2.31. The average Bonchev–Trinajstić information content (AvgIpc) is 3.14. The Kier molecular flexibility index (Phi) is 6.65. The molecule has 3 aromatic rings. The predicted octanol–water partition coefficient (Wildman–Crippen LogP) is 2.41. The molecule has 0 aliphatic heterocycles. The molecule has 2 aromatic heterocycles. The fourth-order valence-electron chi connectivity index (χ4n) is 2.54. The van der Waals surface area contributed by atoms with E-state index in [-0.39, 0.29) is 34.8 Å². The van der Waals surface area contributed by atoms with Crippen molar-refractivity contribution in [2.24, 2.45) is 0 Å². The summed E-state index contributed by atoms with van der Waals surface area (Å²) in [6.45, 7) is 1.93. The van der Waals surface area contributed by atoms with Gasteiger partial charge >= 0.3 is 5.97 Å². The molecule has 0 spiro atoms. The van der Waals surface area contributed by atoms with Crippen LogP contribution in [0.5, 0.6) is 0 Å². The Labute approximate surface area is 175 Å². The molecule has 0 radical (unpaired) electrons. The molecule has 29 heavy (non-hydrogen) atoms. The number of aromatic nitrogens is 3. The monoisotopic (exact) mass is 432 g/mol. The number of carbonyl (C=O) groups excluding carboxylic acids is 2. The van der Waals surface area contributed by atoms with Crippen LogP contribution in [0.3, 0.4) is 0 Å². The van der Waals surface area contributed by atoms with Crippen LogP contribution in [0.25, 0.3) is 10.2 Å². The molecule has 0 aliphatic rings. The molecular formula is C19H20N4O4S2. The number of thioether (sulfide) groups is 1. The summed E-state index contributed by atoms with van der Waals surface area (Å²) in [4.78, 5) is 48.8. The second-order valence-corrected chi connectivity index (χ2v) is 8.31. The molecule has 0 bridgehead atoms. The van der Waals surface area contributed by atoms with Crippen molar-refractivity contribution in [3.63, 3.8) is 0 Å². The van der Waals surface area contributed by atoms with Crippen LogP contribution in [0.2, 0.25) is 0 Å². The number of H-pyrrole nitrogens is 1. The maximum atomic E-state index is 12.6. The summed E-state index contributed by atoms with van der Waals surface area (Å²) in [5.41, 5.74) is 0.829. The molecule has 0 unspecified atom stereocenters. The minimum atomic E-state index is -0.487. The van der Waals surface area contributed by atoms with Gasteiger partial charge < -0.3 is 14.6 Å². The van der Waals surface area contributed by atoms with Gasteiger partial charge in [-0.15, -0.1) is 11.3 Å². The molecule has 3 rings (SSSR count). The normalized spacial score (nSPS) is 12.0. The Hall–Kier alpha value is -2.72. The number of aromatic amines is 1. The molecule has 8 nitrogen and oxygen atoms in total. The number of ether oxygens (including phenoxy) is 1. The summed E-state index contributed by atoms with van der Waals surface area (Å²) < 4.78 is 5.67. The molecule has 0 aliphatic carbocycles. The molecule has 152 valence electrons. The Morgan fingerprint density at radius 2 is 2.07 bits per heavy atom. The van der Waals surface area contributed by atoms with Crippen molar-refractivity contribution in [2.75, 3.05) is 19.9 Å². The summed E-state index contributed by atoms with van der Waals surface area (Å²) in [5.74, 6) is -0.515. The summed E-state index contributed by atoms with van der Waals surface area (Å²) >= 11 is 2.67. The number of methoxy groups -OCH3 is 1. The van der Waals surface area contributed by atoms with Gasteiger partial charge in [-0.3, -0.25) is 14.4 Å².